The number of hydrogen-bond donors (Lipinski definition) is 2. The van der Waals surface area contributed by atoms with E-state index in [1.165, 1.54) is 0 Å². The molecule has 100 valence electrons. The molecule has 3 N–H and O–H groups in total. The second-order valence-corrected chi connectivity index (χ2v) is 5.83. The van der Waals surface area contributed by atoms with Crippen LogP contribution in [0.4, 0.5) is 5.69 Å². The third-order valence-corrected chi connectivity index (χ3v) is 4.28. The fraction of sp³-hybridized carbons (Fsp3) is 0.417. The number of thioether (sulfide) groups is 1. The quantitative estimate of drug-likeness (QED) is 0.377. The first-order valence-electron chi connectivity index (χ1n) is 5.50. The average Bonchev–Trinajstić information content (AvgIpc) is 2.37. The predicted molar refractivity (Wildman–Crippen MR) is 82.9 cm³/mol. The molecular formula is C12H18BrN3OS. The predicted octanol–water partition coefficient (Wildman–Crippen LogP) is 2.73. The highest BCUT2D eigenvalue weighted by Crippen LogP contribution is 2.25. The molecule has 1 unspecified atom stereocenters. The SMILES string of the molecule is CSCC(C)N(C)c1ccc(/C(N)=N/O)c(Br)c1. The maximum atomic E-state index is 8.68. The van der Waals surface area contributed by atoms with Crippen molar-refractivity contribution in [3.8, 4) is 0 Å². The minimum atomic E-state index is 0.105. The van der Waals surface area contributed by atoms with Gasteiger partial charge < -0.3 is 15.8 Å². The van der Waals surface area contributed by atoms with Crippen molar-refractivity contribution >= 4 is 39.2 Å². The van der Waals surface area contributed by atoms with E-state index in [0.29, 0.717) is 11.6 Å². The molecule has 0 saturated heterocycles. The zero-order valence-corrected chi connectivity index (χ0v) is 13.1. The maximum absolute atomic E-state index is 8.68. The number of nitrogens with zero attached hydrogens (tertiary/aromatic N) is 2. The van der Waals surface area contributed by atoms with Crippen LogP contribution in [0.1, 0.15) is 12.5 Å². The van der Waals surface area contributed by atoms with Crippen LogP contribution in [0.15, 0.2) is 27.8 Å². The third-order valence-electron chi connectivity index (χ3n) is 2.81. The largest absolute Gasteiger partial charge is 0.409 e. The van der Waals surface area contributed by atoms with Crippen LogP contribution in [-0.2, 0) is 0 Å². The van der Waals surface area contributed by atoms with Gasteiger partial charge in [0.25, 0.3) is 0 Å². The Morgan fingerprint density at radius 1 is 1.61 bits per heavy atom. The van der Waals surface area contributed by atoms with Gasteiger partial charge >= 0.3 is 0 Å². The number of benzene rings is 1. The molecule has 1 aromatic carbocycles. The van der Waals surface area contributed by atoms with Gasteiger partial charge in [0.2, 0.25) is 0 Å². The van der Waals surface area contributed by atoms with Gasteiger partial charge in [-0.05, 0) is 47.3 Å². The summed E-state index contributed by atoms with van der Waals surface area (Å²) in [5.74, 6) is 1.17. The molecule has 0 aliphatic heterocycles. The van der Waals surface area contributed by atoms with Crippen LogP contribution in [0.3, 0.4) is 0 Å². The molecular weight excluding hydrogens is 314 g/mol. The summed E-state index contributed by atoms with van der Waals surface area (Å²) in [5.41, 5.74) is 7.36. The van der Waals surface area contributed by atoms with Gasteiger partial charge in [0.1, 0.15) is 0 Å². The van der Waals surface area contributed by atoms with Crippen molar-refractivity contribution < 1.29 is 5.21 Å². The van der Waals surface area contributed by atoms with Crippen LogP contribution in [0, 0.1) is 0 Å². The molecule has 0 aliphatic carbocycles. The average molecular weight is 332 g/mol. The molecule has 0 heterocycles. The standard InChI is InChI=1S/C12H18BrN3OS/c1-8(7-18-3)16(2)9-4-5-10(11(13)6-9)12(14)15-17/h4-6,8,17H,7H2,1-3H3,(H2,14,15). The van der Waals surface area contributed by atoms with E-state index >= 15 is 0 Å². The number of nitrogens with two attached hydrogens (primary N) is 1. The molecule has 0 radical (unpaired) electrons. The van der Waals surface area contributed by atoms with Gasteiger partial charge in [-0.3, -0.25) is 0 Å². The van der Waals surface area contributed by atoms with Crippen molar-refractivity contribution in [2.45, 2.75) is 13.0 Å². The summed E-state index contributed by atoms with van der Waals surface area (Å²) in [6.07, 6.45) is 2.10. The van der Waals surface area contributed by atoms with E-state index in [0.717, 1.165) is 15.9 Å². The van der Waals surface area contributed by atoms with Crippen LogP contribution in [0.5, 0.6) is 0 Å². The molecule has 1 rings (SSSR count). The molecule has 0 fully saturated rings. The van der Waals surface area contributed by atoms with E-state index in [4.69, 9.17) is 10.9 Å². The summed E-state index contributed by atoms with van der Waals surface area (Å²) in [6, 6.07) is 6.23. The summed E-state index contributed by atoms with van der Waals surface area (Å²) >= 11 is 5.26. The lowest BCUT2D eigenvalue weighted by Crippen LogP contribution is -2.30. The zero-order chi connectivity index (χ0) is 13.7. The molecule has 0 spiro atoms. The Balaban J connectivity index is 2.97. The molecule has 6 heteroatoms. The molecule has 1 aromatic rings. The first-order chi connectivity index (χ1) is 8.51. The number of amidine groups is 1. The Kier molecular flexibility index (Phi) is 5.81. The summed E-state index contributed by atoms with van der Waals surface area (Å²) in [7, 11) is 2.06. The zero-order valence-electron chi connectivity index (χ0n) is 10.7. The monoisotopic (exact) mass is 331 g/mol. The van der Waals surface area contributed by atoms with Crippen LogP contribution < -0.4 is 10.6 Å². The third kappa shape index (κ3) is 3.55. The molecule has 1 atom stereocenters. The minimum absolute atomic E-state index is 0.105. The molecule has 0 bridgehead atoms. The second kappa shape index (κ2) is 6.89. The Bertz CT molecular complexity index is 439. The van der Waals surface area contributed by atoms with E-state index in [9.17, 15) is 0 Å². The smallest absolute Gasteiger partial charge is 0.171 e. The lowest BCUT2D eigenvalue weighted by Gasteiger charge is -2.27. The number of halogens is 1. The second-order valence-electron chi connectivity index (χ2n) is 4.06. The van der Waals surface area contributed by atoms with E-state index in [1.807, 2.05) is 30.0 Å². The maximum Gasteiger partial charge on any atom is 0.171 e. The van der Waals surface area contributed by atoms with Crippen LogP contribution in [0.25, 0.3) is 0 Å². The van der Waals surface area contributed by atoms with Crippen molar-refractivity contribution in [2.75, 3.05) is 24.0 Å². The molecule has 0 amide bonds. The summed E-state index contributed by atoms with van der Waals surface area (Å²) in [4.78, 5) is 2.21. The van der Waals surface area contributed by atoms with E-state index in [2.05, 4.69) is 46.2 Å². The number of hydrogen-bond acceptors (Lipinski definition) is 4. The number of rotatable bonds is 5. The lowest BCUT2D eigenvalue weighted by molar-refractivity contribution is 0.318. The number of anilines is 1. The Hall–Kier alpha value is -0.880. The highest BCUT2D eigenvalue weighted by molar-refractivity contribution is 9.10. The van der Waals surface area contributed by atoms with Crippen molar-refractivity contribution in [1.29, 1.82) is 0 Å². The highest BCUT2D eigenvalue weighted by atomic mass is 79.9. The fourth-order valence-corrected chi connectivity index (χ4v) is 2.87. The van der Waals surface area contributed by atoms with Crippen molar-refractivity contribution in [2.24, 2.45) is 10.9 Å². The van der Waals surface area contributed by atoms with Gasteiger partial charge in [0.15, 0.2) is 5.84 Å². The van der Waals surface area contributed by atoms with Crippen molar-refractivity contribution in [1.82, 2.24) is 0 Å². The summed E-state index contributed by atoms with van der Waals surface area (Å²) in [5, 5.41) is 11.7. The Morgan fingerprint density at radius 3 is 2.78 bits per heavy atom. The summed E-state index contributed by atoms with van der Waals surface area (Å²) in [6.45, 7) is 2.18. The number of oxime groups is 1. The highest BCUT2D eigenvalue weighted by Gasteiger charge is 2.12. The van der Waals surface area contributed by atoms with E-state index < -0.39 is 0 Å². The van der Waals surface area contributed by atoms with E-state index in [-0.39, 0.29) is 5.84 Å². The normalized spacial score (nSPS) is 13.4. The van der Waals surface area contributed by atoms with Crippen LogP contribution in [-0.4, -0.2) is 36.1 Å². The molecule has 0 aromatic heterocycles. The van der Waals surface area contributed by atoms with Crippen molar-refractivity contribution in [3.05, 3.63) is 28.2 Å². The van der Waals surface area contributed by atoms with Crippen LogP contribution in [0.2, 0.25) is 0 Å². The van der Waals surface area contributed by atoms with Gasteiger partial charge in [0, 0.05) is 34.6 Å². The minimum Gasteiger partial charge on any atom is -0.409 e. The lowest BCUT2D eigenvalue weighted by atomic mass is 10.1. The van der Waals surface area contributed by atoms with Gasteiger partial charge in [-0.2, -0.15) is 11.8 Å². The molecule has 0 saturated carbocycles. The van der Waals surface area contributed by atoms with Crippen molar-refractivity contribution in [3.63, 3.8) is 0 Å². The fourth-order valence-electron chi connectivity index (χ4n) is 1.59. The molecule has 0 aliphatic rings. The molecule has 4 nitrogen and oxygen atoms in total. The summed E-state index contributed by atoms with van der Waals surface area (Å²) < 4.78 is 0.818. The van der Waals surface area contributed by atoms with E-state index in [1.54, 1.807) is 0 Å². The van der Waals surface area contributed by atoms with Gasteiger partial charge in [-0.25, -0.2) is 0 Å². The van der Waals surface area contributed by atoms with Gasteiger partial charge in [-0.1, -0.05) is 5.16 Å². The topological polar surface area (TPSA) is 61.8 Å². The van der Waals surface area contributed by atoms with Gasteiger partial charge in [0.05, 0.1) is 0 Å². The van der Waals surface area contributed by atoms with Crippen LogP contribution >= 0.6 is 27.7 Å². The Morgan fingerprint density at radius 2 is 2.28 bits per heavy atom. The molecule has 18 heavy (non-hydrogen) atoms. The first-order valence-corrected chi connectivity index (χ1v) is 7.69. The first kappa shape index (κ1) is 15.2. The Labute approximate surface area is 120 Å². The van der Waals surface area contributed by atoms with Gasteiger partial charge in [-0.15, -0.1) is 0 Å².